The lowest BCUT2D eigenvalue weighted by atomic mass is 9.81. The molecule has 99 heavy (non-hydrogen) atoms. The van der Waals surface area contributed by atoms with Crippen molar-refractivity contribution in [3.63, 3.8) is 0 Å². The van der Waals surface area contributed by atoms with Crippen LogP contribution in [0.2, 0.25) is 0 Å². The molecule has 0 bridgehead atoms. The van der Waals surface area contributed by atoms with Crippen molar-refractivity contribution in [2.45, 2.75) is 117 Å². The van der Waals surface area contributed by atoms with Crippen molar-refractivity contribution in [2.24, 2.45) is 0 Å². The molecule has 5 heterocycles. The highest BCUT2D eigenvalue weighted by atomic mass is 19.1. The molecular weight excluding hydrogens is 1280 g/mol. The number of nitrogens with zero attached hydrogens (tertiary/aromatic N) is 4. The minimum Gasteiger partial charge on any atom is -0.457 e. The number of nitrogens with one attached hydrogen (secondary N) is 6. The zero-order valence-corrected chi connectivity index (χ0v) is 54.9. The first-order valence-electron chi connectivity index (χ1n) is 32.3. The Morgan fingerprint density at radius 3 is 2.23 bits per heavy atom. The number of esters is 2. The van der Waals surface area contributed by atoms with Gasteiger partial charge in [0.25, 0.3) is 23.3 Å². The zero-order valence-electron chi connectivity index (χ0n) is 54.9. The highest BCUT2D eigenvalue weighted by Crippen LogP contribution is 2.47. The summed E-state index contributed by atoms with van der Waals surface area (Å²) in [6.07, 6.45) is 4.19. The number of imide groups is 1. The number of halogens is 1. The third-order valence-electron chi connectivity index (χ3n) is 17.9. The van der Waals surface area contributed by atoms with Gasteiger partial charge in [-0.1, -0.05) is 80.9 Å². The van der Waals surface area contributed by atoms with Crippen molar-refractivity contribution in [1.82, 2.24) is 41.0 Å². The first kappa shape index (κ1) is 68.7. The fourth-order valence-corrected chi connectivity index (χ4v) is 12.8. The predicted molar refractivity (Wildman–Crippen MR) is 358 cm³/mol. The minimum atomic E-state index is -2.11. The topological polar surface area (TPSA) is 329 Å². The molecule has 11 rings (SSSR count). The number of hydrogen-bond acceptors (Lipinski definition) is 16. The maximum Gasteiger partial charge on any atom is 0.410 e. The van der Waals surface area contributed by atoms with Crippen molar-refractivity contribution in [2.75, 3.05) is 36.9 Å². The first-order valence-corrected chi connectivity index (χ1v) is 32.3. The molecule has 0 fully saturated rings. The molecule has 9 amide bonds. The van der Waals surface area contributed by atoms with Crippen LogP contribution in [0.3, 0.4) is 0 Å². The van der Waals surface area contributed by atoms with Crippen molar-refractivity contribution in [1.29, 1.82) is 0 Å². The quantitative estimate of drug-likeness (QED) is 0.0213. The van der Waals surface area contributed by atoms with Crippen molar-refractivity contribution in [3.8, 4) is 11.4 Å². The van der Waals surface area contributed by atoms with Crippen LogP contribution in [0.5, 0.6) is 0 Å². The summed E-state index contributed by atoms with van der Waals surface area (Å²) in [5.41, 5.74) is 4.08. The Morgan fingerprint density at radius 1 is 0.778 bits per heavy atom. The molecular formula is C73H71FN10O15. The van der Waals surface area contributed by atoms with E-state index in [0.29, 0.717) is 81.7 Å². The van der Waals surface area contributed by atoms with Gasteiger partial charge in [0.15, 0.2) is 0 Å². The van der Waals surface area contributed by atoms with E-state index in [0.717, 1.165) is 40.0 Å². The fourth-order valence-electron chi connectivity index (χ4n) is 12.8. The van der Waals surface area contributed by atoms with Crippen molar-refractivity contribution in [3.05, 3.63) is 204 Å². The van der Waals surface area contributed by atoms with Crippen molar-refractivity contribution < 1.29 is 71.3 Å². The van der Waals surface area contributed by atoms with E-state index in [-0.39, 0.29) is 66.4 Å². The number of aromatic nitrogens is 2. The number of amides is 9. The molecule has 7 aromatic rings. The lowest BCUT2D eigenvalue weighted by molar-refractivity contribution is -0.173. The third-order valence-corrected chi connectivity index (χ3v) is 17.9. The Hall–Kier alpha value is -11.7. The highest BCUT2D eigenvalue weighted by Gasteiger charge is 2.51. The van der Waals surface area contributed by atoms with Gasteiger partial charge in [0.05, 0.1) is 65.9 Å². The zero-order chi connectivity index (χ0) is 70.4. The molecule has 3 atom stereocenters. The van der Waals surface area contributed by atoms with E-state index in [4.69, 9.17) is 19.2 Å². The van der Waals surface area contributed by atoms with E-state index in [1.54, 1.807) is 106 Å². The number of pyridine rings is 2. The van der Waals surface area contributed by atoms with Crippen molar-refractivity contribution >= 4 is 87.6 Å². The van der Waals surface area contributed by atoms with Crippen LogP contribution >= 0.6 is 0 Å². The smallest absolute Gasteiger partial charge is 0.410 e. The summed E-state index contributed by atoms with van der Waals surface area (Å²) < 4.78 is 34.7. The van der Waals surface area contributed by atoms with E-state index >= 15 is 4.39 Å². The summed E-state index contributed by atoms with van der Waals surface area (Å²) in [7, 11) is 1.46. The number of cyclic esters (lactones) is 1. The normalized spacial score (nSPS) is 15.8. The summed E-state index contributed by atoms with van der Waals surface area (Å²) in [6, 6.07) is 27.1. The third kappa shape index (κ3) is 14.7. The van der Waals surface area contributed by atoms with Gasteiger partial charge in [-0.05, 0) is 121 Å². The van der Waals surface area contributed by atoms with Crippen LogP contribution in [-0.4, -0.2) is 112 Å². The molecule has 510 valence electrons. The van der Waals surface area contributed by atoms with E-state index in [1.807, 2.05) is 6.92 Å². The molecule has 0 radical (unpaired) electrons. The number of unbranched alkanes of at least 4 members (excludes halogenated alkanes) is 1. The van der Waals surface area contributed by atoms with E-state index in [9.17, 15) is 57.5 Å². The summed E-state index contributed by atoms with van der Waals surface area (Å²) in [5, 5.41) is 16.6. The van der Waals surface area contributed by atoms with Gasteiger partial charge in [-0.15, -0.1) is 0 Å². The molecule has 1 aliphatic carbocycles. The average Bonchev–Trinajstić information content (AvgIpc) is 1.63. The molecule has 4 aliphatic rings. The molecule has 6 N–H and O–H groups in total. The van der Waals surface area contributed by atoms with Crippen LogP contribution in [0.25, 0.3) is 22.3 Å². The number of fused-ring (bicyclic) bond motifs is 5. The molecule has 0 saturated carbocycles. The summed E-state index contributed by atoms with van der Waals surface area (Å²) in [5.74, 6) is -7.04. The van der Waals surface area contributed by atoms with Gasteiger partial charge in [-0.25, -0.2) is 28.7 Å². The van der Waals surface area contributed by atoms with Crippen LogP contribution in [-0.2, 0) is 97.3 Å². The Labute approximate surface area is 566 Å². The summed E-state index contributed by atoms with van der Waals surface area (Å²) in [4.78, 5) is 167. The Morgan fingerprint density at radius 2 is 1.49 bits per heavy atom. The van der Waals surface area contributed by atoms with E-state index < -0.39 is 115 Å². The van der Waals surface area contributed by atoms with Gasteiger partial charge < -0.3 is 55.6 Å². The maximum absolute atomic E-state index is 15.6. The van der Waals surface area contributed by atoms with E-state index in [1.165, 1.54) is 40.8 Å². The number of hydrogen-bond donors (Lipinski definition) is 6. The monoisotopic (exact) mass is 1350 g/mol. The highest BCUT2D eigenvalue weighted by molar-refractivity contribution is 6.28. The lowest BCUT2D eigenvalue weighted by Gasteiger charge is -2.35. The number of ether oxygens (including phenoxy) is 3. The Balaban J connectivity index is 0.680. The van der Waals surface area contributed by atoms with Gasteiger partial charge in [0, 0.05) is 72.4 Å². The minimum absolute atomic E-state index is 0.00566. The molecule has 5 aromatic carbocycles. The van der Waals surface area contributed by atoms with Gasteiger partial charge in [-0.2, -0.15) is 0 Å². The maximum atomic E-state index is 15.6. The second-order valence-corrected chi connectivity index (χ2v) is 24.6. The van der Waals surface area contributed by atoms with Gasteiger partial charge in [-0.3, -0.25) is 43.2 Å². The van der Waals surface area contributed by atoms with Gasteiger partial charge in [0.1, 0.15) is 25.1 Å². The second kappa shape index (κ2) is 29.3. The van der Waals surface area contributed by atoms with E-state index in [2.05, 4.69) is 31.9 Å². The van der Waals surface area contributed by atoms with Crippen LogP contribution < -0.4 is 42.4 Å². The van der Waals surface area contributed by atoms with Gasteiger partial charge in [0.2, 0.25) is 35.1 Å². The fraction of sp³-hybridized carbons (Fsp3) is 0.301. The number of rotatable bonds is 24. The van der Waals surface area contributed by atoms with Crippen LogP contribution in [0.4, 0.5) is 20.6 Å². The first-order chi connectivity index (χ1) is 47.5. The van der Waals surface area contributed by atoms with Crippen LogP contribution in [0.1, 0.15) is 128 Å². The standard InChI is InChI=1S/C73H71FN10O15/c1-6-8-18-58(85)79-54-24-23-48-41(4)53(74)32-55-64(48)65(54)50-37-83-57(66(50)81-55)31-52-51(69(83)93)39-97-71(95)73(52,7-2)99-70(94)49-17-13-12-16-44(49)36-82(5)72(96)98-38-43-19-21-46(22-20-43)78-60(87)35-77-68(92)56(29-42-14-10-9-11-15-42)80-61(88)34-75-59(86)33-76-67(91)45-27-40(3)28-47(30-45)84-62(89)25-26-63(84)90/h9-17,19-22,25-28,30-32,54,56H,6-8,18,23-24,29,33-39H2,1-5H3,(H,75,86)(H,76,91)(H,77,92)(H,78,87)(H,79,85)(H,80,88)/t54-,56-,73-/m0/s1. The van der Waals surface area contributed by atoms with Gasteiger partial charge >= 0.3 is 18.0 Å². The molecule has 0 saturated heterocycles. The number of carbonyl (C=O) groups excluding carboxylic acids is 11. The number of carbonyl (C=O) groups is 11. The largest absolute Gasteiger partial charge is 0.457 e. The molecule has 0 spiro atoms. The van der Waals surface area contributed by atoms with Crippen LogP contribution in [0.15, 0.2) is 126 Å². The SMILES string of the molecule is CCCCC(=O)N[C@H]1CCc2c(C)c(F)cc3nc4c(c1c23)Cn1c-4cc2c(c1=O)COC(=O)[C@@]2(CC)OC(=O)c1ccccc1CN(C)C(=O)OCc1ccc(NC(=O)CNC(=O)[C@H](Cc2ccccc2)NC(=O)CNC(=O)CNC(=O)c2cc(C)cc(N3C(=O)C=CC3=O)c2)cc1. The molecule has 0 unspecified atom stereocenters. The number of anilines is 2. The molecule has 26 heteroatoms. The average molecular weight is 1350 g/mol. The second-order valence-electron chi connectivity index (χ2n) is 24.6. The number of aryl methyl sites for hydroxylation is 2. The molecule has 25 nitrogen and oxygen atoms in total. The van der Waals surface area contributed by atoms with Crippen LogP contribution in [0, 0.1) is 19.7 Å². The molecule has 3 aliphatic heterocycles. The summed E-state index contributed by atoms with van der Waals surface area (Å²) >= 11 is 0. The summed E-state index contributed by atoms with van der Waals surface area (Å²) in [6.45, 7) is 4.70. The molecule has 2 aromatic heterocycles. The lowest BCUT2D eigenvalue weighted by Crippen LogP contribution is -2.52. The predicted octanol–water partition coefficient (Wildman–Crippen LogP) is 6.52. The Kier molecular flexibility index (Phi) is 20.4. The Bertz CT molecular complexity index is 4570. The number of benzene rings is 5.